The van der Waals surface area contributed by atoms with Gasteiger partial charge >= 0.3 is 0 Å². The Morgan fingerprint density at radius 2 is 1.96 bits per heavy atom. The van der Waals surface area contributed by atoms with Gasteiger partial charge in [-0.15, -0.1) is 0 Å². The predicted octanol–water partition coefficient (Wildman–Crippen LogP) is 4.06. The summed E-state index contributed by atoms with van der Waals surface area (Å²) < 4.78 is 0. The number of allylic oxidation sites excluding steroid dienone is 1. The molecule has 3 fully saturated rings. The third-order valence-corrected chi connectivity index (χ3v) is 8.98. The Balaban J connectivity index is 1.87. The summed E-state index contributed by atoms with van der Waals surface area (Å²) in [5.74, 6) is 1.76. The average molecular weight is 392 g/mol. The minimum Gasteiger partial charge on any atom is -0.396 e. The molecule has 0 spiro atoms. The van der Waals surface area contributed by atoms with E-state index in [-0.39, 0.29) is 35.4 Å². The molecule has 0 saturated heterocycles. The van der Waals surface area contributed by atoms with Gasteiger partial charge in [0, 0.05) is 19.6 Å². The molecule has 4 heteroatoms. The molecule has 160 valence electrons. The topological polar surface area (TPSA) is 69.6 Å². The SMILES string of the molecule is C=C1CC[C@H]2[C@H](CNC(=O)CCC)[C@H]([C@@]3(C)CC[C@H](O)C[C@@H]3CO)CC[C@]12C. The number of carbonyl (C=O) groups excluding carboxylic acids is 1. The monoisotopic (exact) mass is 391 g/mol. The first-order valence-electron chi connectivity index (χ1n) is 11.5. The number of aliphatic hydroxyl groups excluding tert-OH is 2. The van der Waals surface area contributed by atoms with E-state index in [9.17, 15) is 15.0 Å². The van der Waals surface area contributed by atoms with Gasteiger partial charge in [0.15, 0.2) is 0 Å². The highest BCUT2D eigenvalue weighted by Gasteiger charge is 2.56. The highest BCUT2D eigenvalue weighted by Crippen LogP contribution is 2.63. The summed E-state index contributed by atoms with van der Waals surface area (Å²) in [4.78, 5) is 12.2. The molecule has 3 saturated carbocycles. The maximum absolute atomic E-state index is 12.2. The molecule has 1 amide bonds. The second-order valence-corrected chi connectivity index (χ2v) is 10.3. The van der Waals surface area contributed by atoms with Crippen molar-refractivity contribution in [3.8, 4) is 0 Å². The van der Waals surface area contributed by atoms with E-state index in [1.165, 1.54) is 12.0 Å². The number of amides is 1. The fraction of sp³-hybridized carbons (Fsp3) is 0.875. The Kier molecular flexibility index (Phi) is 6.61. The molecule has 0 aromatic heterocycles. The Hall–Kier alpha value is -0.870. The van der Waals surface area contributed by atoms with Crippen molar-refractivity contribution in [1.29, 1.82) is 0 Å². The zero-order valence-corrected chi connectivity index (χ0v) is 18.2. The highest BCUT2D eigenvalue weighted by molar-refractivity contribution is 5.75. The van der Waals surface area contributed by atoms with Crippen molar-refractivity contribution in [3.63, 3.8) is 0 Å². The lowest BCUT2D eigenvalue weighted by Crippen LogP contribution is -2.53. The Morgan fingerprint density at radius 1 is 1.21 bits per heavy atom. The van der Waals surface area contributed by atoms with Gasteiger partial charge in [0.25, 0.3) is 0 Å². The molecule has 0 unspecified atom stereocenters. The standard InChI is InChI=1S/C24H41NO3/c1-5-6-22(28)25-14-19-20-8-7-16(2)23(20,3)12-10-21(19)24(4)11-9-18(27)13-17(24)15-26/h17-21,26-27H,2,5-15H2,1,3-4H3,(H,25,28)/t17-,18+,19+,20+,21-,23-,24+/m1/s1. The molecule has 0 heterocycles. The molecule has 3 N–H and O–H groups in total. The van der Waals surface area contributed by atoms with Crippen LogP contribution >= 0.6 is 0 Å². The molecule has 3 rings (SSSR count). The van der Waals surface area contributed by atoms with E-state index in [1.54, 1.807) is 0 Å². The molecule has 28 heavy (non-hydrogen) atoms. The lowest BCUT2D eigenvalue weighted by molar-refractivity contribution is -0.123. The van der Waals surface area contributed by atoms with Crippen LogP contribution in [0.25, 0.3) is 0 Å². The normalized spacial score (nSPS) is 43.6. The van der Waals surface area contributed by atoms with Gasteiger partial charge < -0.3 is 15.5 Å². The van der Waals surface area contributed by atoms with Gasteiger partial charge in [-0.2, -0.15) is 0 Å². The van der Waals surface area contributed by atoms with Crippen molar-refractivity contribution in [2.45, 2.75) is 84.7 Å². The van der Waals surface area contributed by atoms with E-state index in [0.29, 0.717) is 30.6 Å². The summed E-state index contributed by atoms with van der Waals surface area (Å²) in [6, 6.07) is 0. The summed E-state index contributed by atoms with van der Waals surface area (Å²) in [6.07, 6.45) is 8.24. The summed E-state index contributed by atoms with van der Waals surface area (Å²) >= 11 is 0. The van der Waals surface area contributed by atoms with Crippen molar-refractivity contribution in [1.82, 2.24) is 5.32 Å². The maximum atomic E-state index is 12.2. The maximum Gasteiger partial charge on any atom is 0.219 e. The minimum atomic E-state index is -0.284. The third kappa shape index (κ3) is 3.79. The average Bonchev–Trinajstić information content (AvgIpc) is 2.97. The first-order valence-corrected chi connectivity index (χ1v) is 11.5. The molecule has 0 aromatic rings. The molecule has 0 aromatic carbocycles. The molecular formula is C24H41NO3. The molecule has 0 bridgehead atoms. The third-order valence-electron chi connectivity index (χ3n) is 8.98. The van der Waals surface area contributed by atoms with Crippen LogP contribution in [0.1, 0.15) is 78.6 Å². The van der Waals surface area contributed by atoms with Gasteiger partial charge in [0.2, 0.25) is 5.91 Å². The fourth-order valence-electron chi connectivity index (χ4n) is 7.01. The number of aliphatic hydroxyl groups is 2. The van der Waals surface area contributed by atoms with Gasteiger partial charge in [-0.3, -0.25) is 4.79 Å². The fourth-order valence-corrected chi connectivity index (χ4v) is 7.01. The lowest BCUT2D eigenvalue weighted by Gasteiger charge is -2.56. The van der Waals surface area contributed by atoms with Crippen LogP contribution in [0.4, 0.5) is 0 Å². The molecular weight excluding hydrogens is 350 g/mol. The predicted molar refractivity (Wildman–Crippen MR) is 113 cm³/mol. The second kappa shape index (κ2) is 8.47. The van der Waals surface area contributed by atoms with E-state index < -0.39 is 0 Å². The summed E-state index contributed by atoms with van der Waals surface area (Å²) in [6.45, 7) is 12.1. The second-order valence-electron chi connectivity index (χ2n) is 10.3. The Bertz CT molecular complexity index is 590. The molecule has 3 aliphatic rings. The van der Waals surface area contributed by atoms with Crippen LogP contribution < -0.4 is 5.32 Å². The van der Waals surface area contributed by atoms with Gasteiger partial charge in [-0.05, 0) is 85.9 Å². The Morgan fingerprint density at radius 3 is 2.64 bits per heavy atom. The molecule has 0 aliphatic heterocycles. The van der Waals surface area contributed by atoms with E-state index in [0.717, 1.165) is 45.1 Å². The van der Waals surface area contributed by atoms with Crippen LogP contribution in [0.2, 0.25) is 0 Å². The zero-order chi connectivity index (χ0) is 20.5. The number of rotatable bonds is 6. The summed E-state index contributed by atoms with van der Waals surface area (Å²) in [7, 11) is 0. The van der Waals surface area contributed by atoms with Crippen LogP contribution in [-0.2, 0) is 4.79 Å². The Labute approximate surface area is 171 Å². The molecule has 3 aliphatic carbocycles. The smallest absolute Gasteiger partial charge is 0.219 e. The number of carbonyl (C=O) groups is 1. The number of nitrogens with one attached hydrogen (secondary N) is 1. The minimum absolute atomic E-state index is 0.0272. The van der Waals surface area contributed by atoms with E-state index in [4.69, 9.17) is 0 Å². The van der Waals surface area contributed by atoms with Gasteiger partial charge in [0.05, 0.1) is 6.10 Å². The van der Waals surface area contributed by atoms with E-state index in [1.807, 2.05) is 6.92 Å². The largest absolute Gasteiger partial charge is 0.396 e. The molecule has 7 atom stereocenters. The molecule has 0 radical (unpaired) electrons. The van der Waals surface area contributed by atoms with Crippen LogP contribution in [0.15, 0.2) is 12.2 Å². The number of hydrogen-bond acceptors (Lipinski definition) is 3. The zero-order valence-electron chi connectivity index (χ0n) is 18.2. The van der Waals surface area contributed by atoms with Crippen molar-refractivity contribution < 1.29 is 15.0 Å². The van der Waals surface area contributed by atoms with Crippen molar-refractivity contribution >= 4 is 5.91 Å². The van der Waals surface area contributed by atoms with Gasteiger partial charge in [-0.1, -0.05) is 32.9 Å². The summed E-state index contributed by atoms with van der Waals surface area (Å²) in [5.41, 5.74) is 1.61. The van der Waals surface area contributed by atoms with Crippen LogP contribution in [0.3, 0.4) is 0 Å². The first-order chi connectivity index (χ1) is 13.3. The van der Waals surface area contributed by atoms with E-state index >= 15 is 0 Å². The van der Waals surface area contributed by atoms with Crippen molar-refractivity contribution in [3.05, 3.63) is 12.2 Å². The number of fused-ring (bicyclic) bond motifs is 1. The van der Waals surface area contributed by atoms with Gasteiger partial charge in [-0.25, -0.2) is 0 Å². The molecule has 4 nitrogen and oxygen atoms in total. The summed E-state index contributed by atoms with van der Waals surface area (Å²) in [5, 5.41) is 23.6. The van der Waals surface area contributed by atoms with E-state index in [2.05, 4.69) is 25.7 Å². The lowest BCUT2D eigenvalue weighted by atomic mass is 9.49. The van der Waals surface area contributed by atoms with Crippen LogP contribution in [-0.4, -0.2) is 35.4 Å². The number of hydrogen-bond donors (Lipinski definition) is 3. The van der Waals surface area contributed by atoms with Crippen molar-refractivity contribution in [2.24, 2.45) is 34.5 Å². The van der Waals surface area contributed by atoms with Crippen LogP contribution in [0, 0.1) is 34.5 Å². The van der Waals surface area contributed by atoms with Crippen molar-refractivity contribution in [2.75, 3.05) is 13.2 Å². The van der Waals surface area contributed by atoms with Gasteiger partial charge in [0.1, 0.15) is 0 Å². The highest BCUT2D eigenvalue weighted by atomic mass is 16.3. The first kappa shape index (κ1) is 21.8. The van der Waals surface area contributed by atoms with Crippen LogP contribution in [0.5, 0.6) is 0 Å². The quantitative estimate of drug-likeness (QED) is 0.598.